The van der Waals surface area contributed by atoms with Crippen molar-refractivity contribution in [1.29, 1.82) is 0 Å². The molecule has 0 aliphatic heterocycles. The van der Waals surface area contributed by atoms with Crippen molar-refractivity contribution >= 4 is 16.7 Å². The van der Waals surface area contributed by atoms with Gasteiger partial charge in [0.25, 0.3) is 11.5 Å². The van der Waals surface area contributed by atoms with Gasteiger partial charge in [0.15, 0.2) is 5.69 Å². The number of rotatable bonds is 7. The SMILES string of the molecule is CCn1nc(C(=O)NCCC(c2ccccc2)c2ccccc2)c2ccccc2c1=O. The third-order valence-corrected chi connectivity index (χ3v) is 5.50. The highest BCUT2D eigenvalue weighted by Gasteiger charge is 2.18. The van der Waals surface area contributed by atoms with E-state index in [1.54, 1.807) is 18.2 Å². The van der Waals surface area contributed by atoms with E-state index in [1.165, 1.54) is 15.8 Å². The summed E-state index contributed by atoms with van der Waals surface area (Å²) in [5, 5.41) is 8.43. The molecule has 0 radical (unpaired) electrons. The normalized spacial score (nSPS) is 11.0. The highest BCUT2D eigenvalue weighted by Crippen LogP contribution is 2.27. The summed E-state index contributed by atoms with van der Waals surface area (Å²) in [6.07, 6.45) is 0.755. The summed E-state index contributed by atoms with van der Waals surface area (Å²) in [6, 6.07) is 27.8. The van der Waals surface area contributed by atoms with Gasteiger partial charge in [0.05, 0.1) is 5.39 Å². The first-order valence-electron chi connectivity index (χ1n) is 10.6. The zero-order valence-electron chi connectivity index (χ0n) is 17.5. The molecule has 0 atom stereocenters. The molecule has 0 saturated heterocycles. The molecule has 0 spiro atoms. The zero-order chi connectivity index (χ0) is 21.6. The van der Waals surface area contributed by atoms with Crippen LogP contribution in [-0.4, -0.2) is 22.2 Å². The maximum Gasteiger partial charge on any atom is 0.274 e. The van der Waals surface area contributed by atoms with Crippen molar-refractivity contribution in [1.82, 2.24) is 15.1 Å². The Morgan fingerprint density at radius 3 is 2.00 bits per heavy atom. The minimum atomic E-state index is -0.265. The average Bonchev–Trinajstić information content (AvgIpc) is 2.83. The second-order valence-corrected chi connectivity index (χ2v) is 7.43. The summed E-state index contributed by atoms with van der Waals surface area (Å²) >= 11 is 0. The number of amides is 1. The van der Waals surface area contributed by atoms with Crippen LogP contribution in [0.3, 0.4) is 0 Å². The third-order valence-electron chi connectivity index (χ3n) is 5.50. The largest absolute Gasteiger partial charge is 0.351 e. The number of hydrogen-bond donors (Lipinski definition) is 1. The second kappa shape index (κ2) is 9.39. The van der Waals surface area contributed by atoms with Gasteiger partial charge < -0.3 is 5.32 Å². The topological polar surface area (TPSA) is 64.0 Å². The molecule has 1 heterocycles. The lowest BCUT2D eigenvalue weighted by molar-refractivity contribution is 0.0947. The number of carbonyl (C=O) groups is 1. The summed E-state index contributed by atoms with van der Waals surface area (Å²) in [5.41, 5.74) is 2.54. The van der Waals surface area contributed by atoms with Crippen LogP contribution in [0.25, 0.3) is 10.8 Å². The third kappa shape index (κ3) is 4.40. The van der Waals surface area contributed by atoms with Crippen LogP contribution < -0.4 is 10.9 Å². The Labute approximate surface area is 181 Å². The summed E-state index contributed by atoms with van der Waals surface area (Å²) in [6.45, 7) is 2.75. The Bertz CT molecular complexity index is 1190. The fourth-order valence-corrected chi connectivity index (χ4v) is 3.93. The molecule has 5 heteroatoms. The van der Waals surface area contributed by atoms with Crippen LogP contribution in [-0.2, 0) is 6.54 Å². The van der Waals surface area contributed by atoms with Crippen LogP contribution in [0.4, 0.5) is 0 Å². The van der Waals surface area contributed by atoms with E-state index in [0.29, 0.717) is 23.9 Å². The molecule has 31 heavy (non-hydrogen) atoms. The van der Waals surface area contributed by atoms with Gasteiger partial charge in [-0.2, -0.15) is 5.10 Å². The first-order chi connectivity index (χ1) is 15.2. The molecule has 1 aromatic heterocycles. The number of hydrogen-bond acceptors (Lipinski definition) is 3. The molecule has 156 valence electrons. The molecule has 0 bridgehead atoms. The molecular weight excluding hydrogens is 386 g/mol. The Kier molecular flexibility index (Phi) is 6.22. The van der Waals surface area contributed by atoms with E-state index < -0.39 is 0 Å². The van der Waals surface area contributed by atoms with Gasteiger partial charge >= 0.3 is 0 Å². The lowest BCUT2D eigenvalue weighted by Gasteiger charge is -2.18. The minimum Gasteiger partial charge on any atom is -0.351 e. The first-order valence-corrected chi connectivity index (χ1v) is 10.6. The van der Waals surface area contributed by atoms with Crippen molar-refractivity contribution in [3.63, 3.8) is 0 Å². The Morgan fingerprint density at radius 2 is 1.42 bits per heavy atom. The molecule has 0 aliphatic rings. The van der Waals surface area contributed by atoms with Crippen LogP contribution in [0.2, 0.25) is 0 Å². The highest BCUT2D eigenvalue weighted by molar-refractivity contribution is 6.04. The van der Waals surface area contributed by atoms with E-state index in [0.717, 1.165) is 6.42 Å². The second-order valence-electron chi connectivity index (χ2n) is 7.43. The molecule has 4 rings (SSSR count). The van der Waals surface area contributed by atoms with Crippen molar-refractivity contribution in [2.45, 2.75) is 25.8 Å². The van der Waals surface area contributed by atoms with Crippen LogP contribution >= 0.6 is 0 Å². The lowest BCUT2D eigenvalue weighted by Crippen LogP contribution is -2.31. The number of fused-ring (bicyclic) bond motifs is 1. The monoisotopic (exact) mass is 411 g/mol. The summed E-state index contributed by atoms with van der Waals surface area (Å²) in [5.74, 6) is -0.0877. The number of carbonyl (C=O) groups excluding carboxylic acids is 1. The van der Waals surface area contributed by atoms with Crippen molar-refractivity contribution in [3.05, 3.63) is 112 Å². The molecule has 1 N–H and O–H groups in total. The first kappa shape index (κ1) is 20.5. The molecule has 0 fully saturated rings. The summed E-state index contributed by atoms with van der Waals surface area (Å²) in [7, 11) is 0. The van der Waals surface area contributed by atoms with E-state index in [9.17, 15) is 9.59 Å². The average molecular weight is 412 g/mol. The standard InChI is InChI=1S/C26H25N3O2/c1-2-29-26(31)23-16-10-9-15-22(23)24(28-29)25(30)27-18-17-21(19-11-5-3-6-12-19)20-13-7-4-8-14-20/h3-16,21H,2,17-18H2,1H3,(H,27,30). The van der Waals surface area contributed by atoms with Crippen molar-refractivity contribution in [2.24, 2.45) is 0 Å². The number of aromatic nitrogens is 2. The molecule has 0 aliphatic carbocycles. The van der Waals surface area contributed by atoms with E-state index in [1.807, 2.05) is 49.4 Å². The Balaban J connectivity index is 1.56. The van der Waals surface area contributed by atoms with Crippen LogP contribution in [0.1, 0.15) is 40.9 Å². The van der Waals surface area contributed by atoms with Crippen LogP contribution in [0, 0.1) is 0 Å². The van der Waals surface area contributed by atoms with E-state index in [-0.39, 0.29) is 23.1 Å². The maximum atomic E-state index is 13.0. The smallest absolute Gasteiger partial charge is 0.274 e. The molecule has 4 aromatic rings. The van der Waals surface area contributed by atoms with Gasteiger partial charge in [-0.3, -0.25) is 9.59 Å². The number of benzene rings is 3. The van der Waals surface area contributed by atoms with Crippen molar-refractivity contribution in [3.8, 4) is 0 Å². The number of nitrogens with one attached hydrogen (secondary N) is 1. The zero-order valence-corrected chi connectivity index (χ0v) is 17.5. The molecule has 1 amide bonds. The van der Waals surface area contributed by atoms with E-state index in [2.05, 4.69) is 34.7 Å². The number of aryl methyl sites for hydroxylation is 1. The van der Waals surface area contributed by atoms with Gasteiger partial charge in [0.2, 0.25) is 0 Å². The maximum absolute atomic E-state index is 13.0. The van der Waals surface area contributed by atoms with Gasteiger partial charge in [-0.05, 0) is 30.5 Å². The molecule has 3 aromatic carbocycles. The Hall–Kier alpha value is -3.73. The van der Waals surface area contributed by atoms with Crippen molar-refractivity contribution in [2.75, 3.05) is 6.54 Å². The van der Waals surface area contributed by atoms with Gasteiger partial charge in [-0.1, -0.05) is 78.9 Å². The molecular formula is C26H25N3O2. The van der Waals surface area contributed by atoms with E-state index in [4.69, 9.17) is 0 Å². The van der Waals surface area contributed by atoms with Crippen LogP contribution in [0.15, 0.2) is 89.7 Å². The Morgan fingerprint density at radius 1 is 0.871 bits per heavy atom. The molecule has 0 unspecified atom stereocenters. The molecule has 5 nitrogen and oxygen atoms in total. The highest BCUT2D eigenvalue weighted by atomic mass is 16.2. The quantitative estimate of drug-likeness (QED) is 0.491. The number of nitrogens with zero attached hydrogens (tertiary/aromatic N) is 2. The fraction of sp³-hybridized carbons (Fsp3) is 0.192. The summed E-state index contributed by atoms with van der Waals surface area (Å²) in [4.78, 5) is 25.5. The lowest BCUT2D eigenvalue weighted by atomic mass is 9.88. The molecule has 0 saturated carbocycles. The van der Waals surface area contributed by atoms with Gasteiger partial charge in [-0.25, -0.2) is 4.68 Å². The van der Waals surface area contributed by atoms with Crippen molar-refractivity contribution < 1.29 is 4.79 Å². The predicted octanol–water partition coefficient (Wildman–Crippen LogP) is 4.37. The van der Waals surface area contributed by atoms with E-state index >= 15 is 0 Å². The fourth-order valence-electron chi connectivity index (χ4n) is 3.93. The minimum absolute atomic E-state index is 0.178. The summed E-state index contributed by atoms with van der Waals surface area (Å²) < 4.78 is 1.34. The van der Waals surface area contributed by atoms with Gasteiger partial charge in [0, 0.05) is 24.4 Å². The predicted molar refractivity (Wildman–Crippen MR) is 123 cm³/mol. The van der Waals surface area contributed by atoms with Gasteiger partial charge in [0.1, 0.15) is 0 Å². The van der Waals surface area contributed by atoms with Gasteiger partial charge in [-0.15, -0.1) is 0 Å². The van der Waals surface area contributed by atoms with Crippen LogP contribution in [0.5, 0.6) is 0 Å².